The van der Waals surface area contributed by atoms with E-state index in [9.17, 15) is 0 Å². The number of ether oxygens (including phenoxy) is 1. The first-order valence-electron chi connectivity index (χ1n) is 9.97. The van der Waals surface area contributed by atoms with Crippen LogP contribution >= 0.6 is 12.2 Å². The molecular formula is C23H28OS. The Balaban J connectivity index is 1.43. The molecule has 0 aliphatic heterocycles. The molecule has 0 unspecified atom stereocenters. The molecule has 25 heavy (non-hydrogen) atoms. The van der Waals surface area contributed by atoms with Gasteiger partial charge in [-0.25, -0.2) is 0 Å². The van der Waals surface area contributed by atoms with Crippen LogP contribution in [0.4, 0.5) is 0 Å². The summed E-state index contributed by atoms with van der Waals surface area (Å²) in [6.45, 7) is 0. The average molecular weight is 353 g/mol. The van der Waals surface area contributed by atoms with E-state index in [0.29, 0.717) is 0 Å². The summed E-state index contributed by atoms with van der Waals surface area (Å²) in [5.41, 5.74) is 2.85. The lowest BCUT2D eigenvalue weighted by atomic mass is 9.70. The minimum absolute atomic E-state index is 0.751. The molecule has 4 rings (SSSR count). The Morgan fingerprint density at radius 3 is 2.20 bits per heavy atom. The highest BCUT2D eigenvalue weighted by molar-refractivity contribution is 7.78. The molecule has 0 aromatic heterocycles. The Kier molecular flexibility index (Phi) is 5.36. The highest BCUT2D eigenvalue weighted by atomic mass is 32.1. The third kappa shape index (κ3) is 3.89. The van der Waals surface area contributed by atoms with Crippen molar-refractivity contribution in [3.63, 3.8) is 0 Å². The van der Waals surface area contributed by atoms with E-state index in [1.807, 2.05) is 6.07 Å². The van der Waals surface area contributed by atoms with Gasteiger partial charge in [0, 0.05) is 0 Å². The molecule has 2 heteroatoms. The first-order valence-corrected chi connectivity index (χ1v) is 10.4. The molecule has 2 aliphatic rings. The Labute approximate surface area is 156 Å². The number of thiocarbonyl (C=S) groups is 1. The lowest BCUT2D eigenvalue weighted by Gasteiger charge is -2.36. The van der Waals surface area contributed by atoms with Crippen molar-refractivity contribution in [3.8, 4) is 5.75 Å². The van der Waals surface area contributed by atoms with Crippen LogP contribution < -0.4 is 4.74 Å². The first kappa shape index (κ1) is 17.0. The average Bonchev–Trinajstić information content (AvgIpc) is 2.69. The Hall–Kier alpha value is -1.41. The van der Waals surface area contributed by atoms with E-state index < -0.39 is 0 Å². The van der Waals surface area contributed by atoms with Gasteiger partial charge in [-0.3, -0.25) is 0 Å². The highest BCUT2D eigenvalue weighted by Gasteiger charge is 2.29. The van der Waals surface area contributed by atoms with E-state index >= 15 is 0 Å². The van der Waals surface area contributed by atoms with Crippen LogP contribution in [0.3, 0.4) is 0 Å². The van der Waals surface area contributed by atoms with Crippen LogP contribution in [0.25, 0.3) is 10.8 Å². The molecule has 2 aromatic carbocycles. The summed E-state index contributed by atoms with van der Waals surface area (Å²) in [5, 5.41) is 2.54. The second kappa shape index (κ2) is 7.86. The maximum atomic E-state index is 5.32. The zero-order valence-corrected chi connectivity index (χ0v) is 15.8. The number of hydrogen-bond acceptors (Lipinski definition) is 2. The van der Waals surface area contributed by atoms with Crippen LogP contribution in [-0.2, 0) is 0 Å². The van der Waals surface area contributed by atoms with Gasteiger partial charge in [0.15, 0.2) is 5.55 Å². The molecule has 0 radical (unpaired) electrons. The Morgan fingerprint density at radius 1 is 0.760 bits per heavy atom. The summed E-state index contributed by atoms with van der Waals surface area (Å²) >= 11 is 4.77. The van der Waals surface area contributed by atoms with E-state index in [2.05, 4.69) is 30.3 Å². The fraction of sp³-hybridized carbons (Fsp3) is 0.522. The topological polar surface area (TPSA) is 9.23 Å². The van der Waals surface area contributed by atoms with Gasteiger partial charge in [-0.1, -0.05) is 56.4 Å². The summed E-state index contributed by atoms with van der Waals surface area (Å²) in [5.74, 6) is 3.61. The molecule has 2 saturated carbocycles. The van der Waals surface area contributed by atoms with Gasteiger partial charge >= 0.3 is 0 Å². The number of hydrogen-bond donors (Lipinski definition) is 0. The summed E-state index contributed by atoms with van der Waals surface area (Å²) in [6.07, 6.45) is 13.0. The minimum Gasteiger partial charge on any atom is -0.454 e. The van der Waals surface area contributed by atoms with Crippen molar-refractivity contribution < 1.29 is 4.74 Å². The van der Waals surface area contributed by atoms with Crippen LogP contribution in [0, 0.1) is 11.8 Å². The summed E-state index contributed by atoms with van der Waals surface area (Å²) < 4.78 is 5.32. The van der Waals surface area contributed by atoms with Gasteiger partial charge in [0.2, 0.25) is 0 Å². The molecule has 0 saturated heterocycles. The zero-order chi connectivity index (χ0) is 17.1. The van der Waals surface area contributed by atoms with E-state index in [1.54, 1.807) is 0 Å². The second-order valence-electron chi connectivity index (χ2n) is 7.99. The molecule has 2 aliphatic carbocycles. The van der Waals surface area contributed by atoms with Crippen LogP contribution in [0.15, 0.2) is 36.4 Å². The van der Waals surface area contributed by atoms with Crippen molar-refractivity contribution >= 4 is 28.5 Å². The van der Waals surface area contributed by atoms with Crippen molar-refractivity contribution in [2.45, 2.75) is 63.7 Å². The van der Waals surface area contributed by atoms with Gasteiger partial charge in [-0.05, 0) is 84.1 Å². The van der Waals surface area contributed by atoms with Crippen molar-refractivity contribution in [2.75, 3.05) is 0 Å². The molecule has 0 heterocycles. The van der Waals surface area contributed by atoms with E-state index in [-0.39, 0.29) is 0 Å². The largest absolute Gasteiger partial charge is 0.454 e. The Morgan fingerprint density at radius 2 is 1.44 bits per heavy atom. The molecule has 1 nitrogen and oxygen atoms in total. The number of fused-ring (bicyclic) bond motifs is 1. The summed E-state index contributed by atoms with van der Waals surface area (Å²) in [6, 6.07) is 13.2. The van der Waals surface area contributed by atoms with Gasteiger partial charge in [0.25, 0.3) is 0 Å². The Bertz CT molecular complexity index is 724. The monoisotopic (exact) mass is 352 g/mol. The molecule has 0 atom stereocenters. The summed E-state index contributed by atoms with van der Waals surface area (Å²) in [7, 11) is 0. The smallest absolute Gasteiger partial charge is 0.154 e. The van der Waals surface area contributed by atoms with Crippen LogP contribution in [0.5, 0.6) is 5.75 Å². The van der Waals surface area contributed by atoms with Crippen LogP contribution in [0.2, 0.25) is 0 Å². The van der Waals surface area contributed by atoms with Crippen LogP contribution in [0.1, 0.15) is 69.3 Å². The van der Waals surface area contributed by atoms with E-state index in [0.717, 1.165) is 23.5 Å². The lowest BCUT2D eigenvalue weighted by molar-refractivity contribution is 0.186. The van der Waals surface area contributed by atoms with Crippen molar-refractivity contribution in [1.29, 1.82) is 0 Å². The molecular weight excluding hydrogens is 324 g/mol. The molecule has 2 aromatic rings. The molecule has 132 valence electrons. The second-order valence-corrected chi connectivity index (χ2v) is 8.18. The van der Waals surface area contributed by atoms with Crippen molar-refractivity contribution in [1.82, 2.24) is 0 Å². The predicted molar refractivity (Wildman–Crippen MR) is 110 cm³/mol. The van der Waals surface area contributed by atoms with Crippen molar-refractivity contribution in [2.24, 2.45) is 11.8 Å². The molecule has 0 amide bonds. The van der Waals surface area contributed by atoms with E-state index in [1.165, 1.54) is 79.7 Å². The van der Waals surface area contributed by atoms with E-state index in [4.69, 9.17) is 17.0 Å². The highest BCUT2D eigenvalue weighted by Crippen LogP contribution is 2.43. The first-order chi connectivity index (χ1) is 12.3. The normalized spacial score (nSPS) is 25.0. The zero-order valence-electron chi connectivity index (χ0n) is 15.0. The molecule has 2 fully saturated rings. The molecule has 0 N–H and O–H groups in total. The lowest BCUT2D eigenvalue weighted by Crippen LogP contribution is -2.23. The molecule has 0 spiro atoms. The third-order valence-electron chi connectivity index (χ3n) is 6.58. The van der Waals surface area contributed by atoms with Gasteiger partial charge < -0.3 is 4.74 Å². The summed E-state index contributed by atoms with van der Waals surface area (Å²) in [4.78, 5) is 0. The fourth-order valence-electron chi connectivity index (χ4n) is 5.15. The number of rotatable bonds is 4. The van der Waals surface area contributed by atoms with Gasteiger partial charge in [0.1, 0.15) is 5.75 Å². The minimum atomic E-state index is 0.751. The standard InChI is InChI=1S/C23H28OS/c25-16-24-23-13-12-21-14-20(10-11-22(21)15-23)19-8-6-18(7-9-19)17-4-2-1-3-5-17/h10-19H,1-9H2. The predicted octanol–water partition coefficient (Wildman–Crippen LogP) is 7.03. The van der Waals surface area contributed by atoms with Gasteiger partial charge in [-0.2, -0.15) is 0 Å². The maximum Gasteiger partial charge on any atom is 0.154 e. The van der Waals surface area contributed by atoms with Gasteiger partial charge in [0.05, 0.1) is 0 Å². The maximum absolute atomic E-state index is 5.32. The SMILES string of the molecule is S=COc1ccc2cc(C3CCC(C4CCCCC4)CC3)ccc2c1. The van der Waals surface area contributed by atoms with Gasteiger partial charge in [-0.15, -0.1) is 0 Å². The van der Waals surface area contributed by atoms with Crippen LogP contribution in [-0.4, -0.2) is 5.55 Å². The number of benzene rings is 2. The quantitative estimate of drug-likeness (QED) is 0.546. The van der Waals surface area contributed by atoms with Crippen molar-refractivity contribution in [3.05, 3.63) is 42.0 Å². The third-order valence-corrected chi connectivity index (χ3v) is 6.68. The molecule has 0 bridgehead atoms. The fourth-order valence-corrected chi connectivity index (χ4v) is 5.27.